The molecule has 0 amide bonds. The first-order valence-electron chi connectivity index (χ1n) is 14.2. The maximum absolute atomic E-state index is 10.1. The van der Waals surface area contributed by atoms with Crippen LogP contribution in [-0.4, -0.2) is 16.0 Å². The summed E-state index contributed by atoms with van der Waals surface area (Å²) in [5.74, 6) is 0. The van der Waals surface area contributed by atoms with Crippen molar-refractivity contribution in [2.75, 3.05) is 10.6 Å². The summed E-state index contributed by atoms with van der Waals surface area (Å²) >= 11 is 13.0. The lowest BCUT2D eigenvalue weighted by atomic mass is 10.00. The molecule has 0 spiro atoms. The normalized spacial score (nSPS) is 16.8. The highest BCUT2D eigenvalue weighted by molar-refractivity contribution is 6.36. The minimum atomic E-state index is -1.45. The summed E-state index contributed by atoms with van der Waals surface area (Å²) in [5, 5.41) is 29.8. The summed E-state index contributed by atoms with van der Waals surface area (Å²) in [4.78, 5) is 4.50. The standard InChI is InChI=1S/C32H28Cl2N8/c33-23-10-8-21(9-11-23)31(29-19-42(41-40-29)25-12-13-25)38-24-15-26-30(22(17-36)18-37-32(26)27(34)16-24)39-28(7-4-14-35)20-5-2-1-3-6-20/h1-3,5-6,8-11,15-16,18-19,25,28,31,38,40-41H,4,7,12-13H2,(H,37,39)/t28-,31-/m1/s1/i31D. The van der Waals surface area contributed by atoms with E-state index >= 15 is 0 Å². The molecule has 1 fully saturated rings. The first kappa shape index (κ1) is 26.4. The molecule has 1 aromatic heterocycles. The van der Waals surface area contributed by atoms with Gasteiger partial charge < -0.3 is 16.1 Å². The SMILES string of the molecule is [2H][C@](Nc1cc(Cl)c2ncc(C#N)c(N[C@H](CCC#N)c3ccccc3)c2c1)(C1=CN(C2CC2)NN1)c1ccc(Cl)cc1. The van der Waals surface area contributed by atoms with Crippen molar-refractivity contribution in [1.82, 2.24) is 21.0 Å². The van der Waals surface area contributed by atoms with Gasteiger partial charge in [-0.1, -0.05) is 65.7 Å². The summed E-state index contributed by atoms with van der Waals surface area (Å²) in [6, 6.07) is 23.7. The van der Waals surface area contributed by atoms with Crippen LogP contribution in [0.5, 0.6) is 0 Å². The van der Waals surface area contributed by atoms with Gasteiger partial charge in [-0.3, -0.25) is 9.99 Å². The summed E-state index contributed by atoms with van der Waals surface area (Å²) in [7, 11) is 0. The van der Waals surface area contributed by atoms with Crippen molar-refractivity contribution in [1.29, 1.82) is 10.5 Å². The molecule has 42 heavy (non-hydrogen) atoms. The molecule has 4 N–H and O–H groups in total. The Balaban J connectivity index is 1.44. The van der Waals surface area contributed by atoms with E-state index in [0.717, 1.165) is 18.4 Å². The molecule has 3 aromatic carbocycles. The van der Waals surface area contributed by atoms with Crippen LogP contribution in [-0.2, 0) is 0 Å². The Bertz CT molecular complexity index is 1760. The van der Waals surface area contributed by atoms with E-state index < -0.39 is 6.02 Å². The van der Waals surface area contributed by atoms with Gasteiger partial charge in [-0.25, -0.2) is 0 Å². The molecular formula is C32H28Cl2N8. The van der Waals surface area contributed by atoms with Gasteiger partial charge in [0, 0.05) is 41.0 Å². The van der Waals surface area contributed by atoms with Crippen LogP contribution in [0.3, 0.4) is 0 Å². The van der Waals surface area contributed by atoms with Gasteiger partial charge >= 0.3 is 0 Å². The summed E-state index contributed by atoms with van der Waals surface area (Å²) in [5.41, 5.74) is 10.6. The zero-order valence-electron chi connectivity index (χ0n) is 23.5. The molecule has 2 aliphatic rings. The van der Waals surface area contributed by atoms with Crippen LogP contribution in [0.4, 0.5) is 11.4 Å². The number of hydrogen-bond acceptors (Lipinski definition) is 8. The topological polar surface area (TPSA) is 112 Å². The van der Waals surface area contributed by atoms with Crippen molar-refractivity contribution in [3.05, 3.63) is 112 Å². The fraction of sp³-hybridized carbons (Fsp3) is 0.219. The van der Waals surface area contributed by atoms with E-state index in [2.05, 4.69) is 38.7 Å². The average Bonchev–Trinajstić information content (AvgIpc) is 3.75. The molecule has 2 heterocycles. The highest BCUT2D eigenvalue weighted by Gasteiger charge is 2.32. The largest absolute Gasteiger partial charge is 0.377 e. The molecule has 0 unspecified atom stereocenters. The molecular weight excluding hydrogens is 567 g/mol. The average molecular weight is 597 g/mol. The highest BCUT2D eigenvalue weighted by atomic mass is 35.5. The molecule has 10 heteroatoms. The van der Waals surface area contributed by atoms with Crippen LogP contribution in [0.25, 0.3) is 10.9 Å². The highest BCUT2D eigenvalue weighted by Crippen LogP contribution is 2.38. The lowest BCUT2D eigenvalue weighted by Crippen LogP contribution is -2.38. The quantitative estimate of drug-likeness (QED) is 0.150. The smallest absolute Gasteiger partial charge is 0.103 e. The first-order valence-corrected chi connectivity index (χ1v) is 14.4. The Morgan fingerprint density at radius 1 is 1.05 bits per heavy atom. The number of pyridine rings is 1. The Morgan fingerprint density at radius 3 is 2.55 bits per heavy atom. The number of aromatic nitrogens is 1. The lowest BCUT2D eigenvalue weighted by molar-refractivity contribution is 0.260. The molecule has 4 aromatic rings. The molecule has 8 nitrogen and oxygen atoms in total. The fourth-order valence-corrected chi connectivity index (χ4v) is 5.42. The van der Waals surface area contributed by atoms with Crippen molar-refractivity contribution in [3.8, 4) is 12.1 Å². The second-order valence-corrected chi connectivity index (χ2v) is 11.1. The molecule has 1 saturated carbocycles. The van der Waals surface area contributed by atoms with Crippen LogP contribution < -0.4 is 21.6 Å². The second-order valence-electron chi connectivity index (χ2n) is 10.2. The predicted molar refractivity (Wildman–Crippen MR) is 166 cm³/mol. The van der Waals surface area contributed by atoms with Gasteiger partial charge in [0.25, 0.3) is 0 Å². The molecule has 0 bridgehead atoms. The van der Waals surface area contributed by atoms with E-state index in [-0.39, 0.29) is 6.04 Å². The fourth-order valence-electron chi connectivity index (χ4n) is 5.02. The number of nitrogens with one attached hydrogen (secondary N) is 4. The van der Waals surface area contributed by atoms with Crippen molar-refractivity contribution in [2.24, 2.45) is 0 Å². The summed E-state index contributed by atoms with van der Waals surface area (Å²) in [6.07, 6.45) is 6.46. The number of benzene rings is 3. The number of fused-ring (bicyclic) bond motifs is 1. The third-order valence-corrected chi connectivity index (χ3v) is 7.85. The zero-order valence-corrected chi connectivity index (χ0v) is 24.0. The van der Waals surface area contributed by atoms with Gasteiger partial charge in [-0.05, 0) is 54.7 Å². The predicted octanol–water partition coefficient (Wildman–Crippen LogP) is 7.35. The van der Waals surface area contributed by atoms with E-state index in [9.17, 15) is 11.9 Å². The van der Waals surface area contributed by atoms with Gasteiger partial charge in [0.1, 0.15) is 6.07 Å². The van der Waals surface area contributed by atoms with E-state index in [1.165, 1.54) is 6.20 Å². The summed E-state index contributed by atoms with van der Waals surface area (Å²) in [6.45, 7) is 0. The number of hydrazine groups is 2. The molecule has 210 valence electrons. The van der Waals surface area contributed by atoms with Crippen LogP contribution in [0.15, 0.2) is 84.8 Å². The zero-order chi connectivity index (χ0) is 30.0. The van der Waals surface area contributed by atoms with Crippen molar-refractivity contribution in [3.63, 3.8) is 0 Å². The van der Waals surface area contributed by atoms with Crippen LogP contribution >= 0.6 is 23.2 Å². The molecule has 1 aliphatic heterocycles. The minimum absolute atomic E-state index is 0.231. The van der Waals surface area contributed by atoms with E-state index in [4.69, 9.17) is 23.2 Å². The molecule has 1 aliphatic carbocycles. The van der Waals surface area contributed by atoms with E-state index in [0.29, 0.717) is 68.0 Å². The lowest BCUT2D eigenvalue weighted by Gasteiger charge is -2.24. The third kappa shape index (κ3) is 5.93. The number of anilines is 2. The van der Waals surface area contributed by atoms with Gasteiger partial charge in [-0.2, -0.15) is 10.5 Å². The van der Waals surface area contributed by atoms with Gasteiger partial charge in [0.05, 0.1) is 47.0 Å². The molecule has 0 radical (unpaired) electrons. The van der Waals surface area contributed by atoms with Crippen molar-refractivity contribution < 1.29 is 1.37 Å². The number of nitrogens with zero attached hydrogens (tertiary/aromatic N) is 4. The van der Waals surface area contributed by atoms with Gasteiger partial charge in [0.15, 0.2) is 0 Å². The number of rotatable bonds is 10. The van der Waals surface area contributed by atoms with Crippen molar-refractivity contribution >= 4 is 45.5 Å². The number of halogens is 2. The first-order chi connectivity index (χ1) is 20.9. The van der Waals surface area contributed by atoms with Crippen LogP contribution in [0.2, 0.25) is 10.0 Å². The van der Waals surface area contributed by atoms with E-state index in [1.807, 2.05) is 59.7 Å². The van der Waals surface area contributed by atoms with Crippen molar-refractivity contribution in [2.45, 2.75) is 43.8 Å². The Labute approximate surface area is 255 Å². The molecule has 2 atom stereocenters. The molecule has 6 rings (SSSR count). The molecule has 0 saturated heterocycles. The Morgan fingerprint density at radius 2 is 1.83 bits per heavy atom. The summed E-state index contributed by atoms with van der Waals surface area (Å²) < 4.78 is 9.72. The number of hydrogen-bond donors (Lipinski definition) is 4. The van der Waals surface area contributed by atoms with Crippen LogP contribution in [0, 0.1) is 22.7 Å². The maximum Gasteiger partial charge on any atom is 0.103 e. The van der Waals surface area contributed by atoms with Gasteiger partial charge in [-0.15, -0.1) is 5.53 Å². The van der Waals surface area contributed by atoms with E-state index in [1.54, 1.807) is 18.2 Å². The van der Waals surface area contributed by atoms with Gasteiger partial charge in [0.2, 0.25) is 0 Å². The van der Waals surface area contributed by atoms with Crippen LogP contribution in [0.1, 0.15) is 55.8 Å². The monoisotopic (exact) mass is 595 g/mol. The Hall–Kier alpha value is -4.47. The third-order valence-electron chi connectivity index (χ3n) is 7.31. The minimum Gasteiger partial charge on any atom is -0.377 e. The number of nitriles is 2. The Kier molecular flexibility index (Phi) is 7.67. The second kappa shape index (κ2) is 12.2. The maximum atomic E-state index is 10.1.